The van der Waals surface area contributed by atoms with E-state index < -0.39 is 0 Å². The van der Waals surface area contributed by atoms with E-state index in [4.69, 9.17) is 0 Å². The molecule has 0 saturated heterocycles. The first kappa shape index (κ1) is 22.1. The predicted molar refractivity (Wildman–Crippen MR) is 95.7 cm³/mol. The summed E-state index contributed by atoms with van der Waals surface area (Å²) in [5, 5.41) is 6.01. The maximum Gasteiger partial charge on any atom is 0.234 e. The van der Waals surface area contributed by atoms with Gasteiger partial charge in [-0.15, -0.1) is 24.8 Å². The van der Waals surface area contributed by atoms with Crippen molar-refractivity contribution in [3.8, 4) is 0 Å². The van der Waals surface area contributed by atoms with E-state index in [-0.39, 0.29) is 36.5 Å². The summed E-state index contributed by atoms with van der Waals surface area (Å²) in [6, 6.07) is 4.99. The van der Waals surface area contributed by atoms with Crippen LogP contribution in [0.25, 0.3) is 0 Å². The number of amides is 1. The summed E-state index contributed by atoms with van der Waals surface area (Å²) in [5.41, 5.74) is 1.57. The fourth-order valence-corrected chi connectivity index (χ4v) is 2.17. The van der Waals surface area contributed by atoms with Gasteiger partial charge in [-0.25, -0.2) is 4.39 Å². The van der Waals surface area contributed by atoms with Gasteiger partial charge in [-0.1, -0.05) is 6.07 Å². The minimum atomic E-state index is -0.204. The molecule has 0 unspecified atom stereocenters. The first-order chi connectivity index (χ1) is 10.0. The Hall–Kier alpha value is -0.880. The van der Waals surface area contributed by atoms with Crippen molar-refractivity contribution in [3.63, 3.8) is 0 Å². The lowest BCUT2D eigenvalue weighted by molar-refractivity contribution is -0.120. The fraction of sp³-hybridized carbons (Fsp3) is 0.562. The van der Waals surface area contributed by atoms with Crippen LogP contribution in [0.3, 0.4) is 0 Å². The van der Waals surface area contributed by atoms with Gasteiger partial charge in [-0.2, -0.15) is 0 Å². The molecule has 7 heteroatoms. The van der Waals surface area contributed by atoms with Crippen LogP contribution in [0.1, 0.15) is 24.0 Å². The summed E-state index contributed by atoms with van der Waals surface area (Å²) in [7, 11) is 3.80. The highest BCUT2D eigenvalue weighted by Crippen LogP contribution is 2.27. The molecule has 0 atom stereocenters. The van der Waals surface area contributed by atoms with E-state index in [2.05, 4.69) is 10.6 Å². The van der Waals surface area contributed by atoms with Gasteiger partial charge in [0.2, 0.25) is 5.91 Å². The van der Waals surface area contributed by atoms with E-state index in [0.29, 0.717) is 25.2 Å². The van der Waals surface area contributed by atoms with Gasteiger partial charge in [0, 0.05) is 18.7 Å². The van der Waals surface area contributed by atoms with E-state index in [0.717, 1.165) is 18.0 Å². The van der Waals surface area contributed by atoms with Crippen molar-refractivity contribution >= 4 is 30.7 Å². The van der Waals surface area contributed by atoms with Crippen LogP contribution in [0.2, 0.25) is 0 Å². The number of halogens is 3. The second-order valence-electron chi connectivity index (χ2n) is 6.01. The van der Waals surface area contributed by atoms with Gasteiger partial charge in [-0.05, 0) is 57.1 Å². The molecule has 1 aromatic rings. The van der Waals surface area contributed by atoms with Gasteiger partial charge in [0.25, 0.3) is 0 Å². The van der Waals surface area contributed by atoms with Gasteiger partial charge in [0.1, 0.15) is 5.82 Å². The molecule has 2 N–H and O–H groups in total. The zero-order chi connectivity index (χ0) is 15.2. The Balaban J connectivity index is 0.00000242. The third-order valence-corrected chi connectivity index (χ3v) is 3.50. The highest BCUT2D eigenvalue weighted by Gasteiger charge is 2.20. The third kappa shape index (κ3) is 8.51. The van der Waals surface area contributed by atoms with Crippen molar-refractivity contribution in [2.75, 3.05) is 27.2 Å². The van der Waals surface area contributed by atoms with Crippen LogP contribution < -0.4 is 10.6 Å². The van der Waals surface area contributed by atoms with Gasteiger partial charge in [-0.3, -0.25) is 4.79 Å². The summed E-state index contributed by atoms with van der Waals surface area (Å²) in [5.74, 6) is 0.544. The molecule has 4 nitrogen and oxygen atoms in total. The Kier molecular flexibility index (Phi) is 10.4. The maximum absolute atomic E-state index is 13.7. The largest absolute Gasteiger partial charge is 0.351 e. The number of hydrogen-bond acceptors (Lipinski definition) is 3. The monoisotopic (exact) mass is 365 g/mol. The number of rotatable bonds is 8. The lowest BCUT2D eigenvalue weighted by Crippen LogP contribution is -2.34. The number of benzene rings is 1. The minimum absolute atomic E-state index is 0. The van der Waals surface area contributed by atoms with Crippen molar-refractivity contribution in [1.29, 1.82) is 0 Å². The minimum Gasteiger partial charge on any atom is -0.351 e. The molecular weight excluding hydrogens is 340 g/mol. The lowest BCUT2D eigenvalue weighted by atomic mass is 10.1. The molecule has 1 aliphatic carbocycles. The number of hydrogen-bond donors (Lipinski definition) is 2. The van der Waals surface area contributed by atoms with Crippen LogP contribution in [0.15, 0.2) is 18.2 Å². The van der Waals surface area contributed by atoms with Crippen molar-refractivity contribution in [1.82, 2.24) is 15.5 Å². The van der Waals surface area contributed by atoms with Crippen LogP contribution in [0, 0.1) is 11.7 Å². The van der Waals surface area contributed by atoms with E-state index in [1.165, 1.54) is 18.9 Å². The molecule has 1 saturated carbocycles. The van der Waals surface area contributed by atoms with Gasteiger partial charge >= 0.3 is 0 Å². The summed E-state index contributed by atoms with van der Waals surface area (Å²) in [4.78, 5) is 13.6. The van der Waals surface area contributed by atoms with Gasteiger partial charge < -0.3 is 15.5 Å². The van der Waals surface area contributed by atoms with Crippen LogP contribution >= 0.6 is 24.8 Å². The topological polar surface area (TPSA) is 44.4 Å². The Bertz CT molecular complexity index is 496. The highest BCUT2D eigenvalue weighted by molar-refractivity contribution is 5.85. The molecular formula is C16H26Cl2FN3O. The lowest BCUT2D eigenvalue weighted by Gasteiger charge is -2.12. The molecule has 1 fully saturated rings. The molecule has 0 spiro atoms. The summed E-state index contributed by atoms with van der Waals surface area (Å²) >= 11 is 0. The number of nitrogens with one attached hydrogen (secondary N) is 2. The molecule has 0 aliphatic heterocycles. The third-order valence-electron chi connectivity index (χ3n) is 3.50. The van der Waals surface area contributed by atoms with Crippen molar-refractivity contribution in [2.45, 2.75) is 25.9 Å². The maximum atomic E-state index is 13.7. The van der Waals surface area contributed by atoms with Crippen molar-refractivity contribution in [3.05, 3.63) is 35.1 Å². The number of carbonyl (C=O) groups excluding carboxylic acids is 1. The molecule has 0 radical (unpaired) electrons. The molecule has 132 valence electrons. The van der Waals surface area contributed by atoms with Crippen LogP contribution in [-0.4, -0.2) is 38.0 Å². The van der Waals surface area contributed by atoms with Crippen LogP contribution in [0.4, 0.5) is 4.39 Å². The second-order valence-corrected chi connectivity index (χ2v) is 6.01. The smallest absolute Gasteiger partial charge is 0.234 e. The molecule has 1 amide bonds. The average molecular weight is 366 g/mol. The second kappa shape index (κ2) is 10.8. The average Bonchev–Trinajstić information content (AvgIpc) is 3.23. The molecule has 1 aliphatic rings. The normalized spacial score (nSPS) is 13.2. The predicted octanol–water partition coefficient (Wildman–Crippen LogP) is 2.35. The Labute approximate surface area is 150 Å². The zero-order valence-electron chi connectivity index (χ0n) is 13.6. The molecule has 1 aromatic carbocycles. The van der Waals surface area contributed by atoms with Crippen molar-refractivity contribution in [2.24, 2.45) is 5.92 Å². The molecule has 2 rings (SSSR count). The van der Waals surface area contributed by atoms with E-state index in [1.807, 2.05) is 25.1 Å². The van der Waals surface area contributed by atoms with Crippen LogP contribution in [-0.2, 0) is 17.9 Å². The molecule has 23 heavy (non-hydrogen) atoms. The van der Waals surface area contributed by atoms with E-state index in [1.54, 1.807) is 6.07 Å². The van der Waals surface area contributed by atoms with E-state index >= 15 is 0 Å². The molecule has 0 aromatic heterocycles. The van der Waals surface area contributed by atoms with Gasteiger partial charge in [0.15, 0.2) is 0 Å². The summed E-state index contributed by atoms with van der Waals surface area (Å²) in [6.07, 6.45) is 2.55. The zero-order valence-corrected chi connectivity index (χ0v) is 15.2. The van der Waals surface area contributed by atoms with E-state index in [9.17, 15) is 9.18 Å². The first-order valence-corrected chi connectivity index (χ1v) is 7.44. The number of nitrogens with zero attached hydrogens (tertiary/aromatic N) is 1. The standard InChI is InChI=1S/C16H24FN3O.2ClH/c1-20(2)11-14-7-13(5-6-15(14)17)9-19-16(21)10-18-8-12-3-4-12;;/h5-7,12,18H,3-4,8-11H2,1-2H3,(H,19,21);2*1H. The number of carbonyl (C=O) groups is 1. The van der Waals surface area contributed by atoms with Gasteiger partial charge in [0.05, 0.1) is 6.54 Å². The molecule has 0 heterocycles. The molecule has 0 bridgehead atoms. The summed E-state index contributed by atoms with van der Waals surface area (Å²) < 4.78 is 13.7. The SMILES string of the molecule is CN(C)Cc1cc(CNC(=O)CNCC2CC2)ccc1F.Cl.Cl. The fourth-order valence-electron chi connectivity index (χ4n) is 2.17. The Morgan fingerprint density at radius 2 is 2.00 bits per heavy atom. The Morgan fingerprint density at radius 3 is 2.61 bits per heavy atom. The Morgan fingerprint density at radius 1 is 1.30 bits per heavy atom. The summed E-state index contributed by atoms with van der Waals surface area (Å²) in [6.45, 7) is 2.26. The highest BCUT2D eigenvalue weighted by atomic mass is 35.5. The first-order valence-electron chi connectivity index (χ1n) is 7.44. The van der Waals surface area contributed by atoms with Crippen molar-refractivity contribution < 1.29 is 9.18 Å². The van der Waals surface area contributed by atoms with Crippen LogP contribution in [0.5, 0.6) is 0 Å². The quantitative estimate of drug-likeness (QED) is 0.743.